The van der Waals surface area contributed by atoms with Crippen molar-refractivity contribution in [1.29, 1.82) is 0 Å². The van der Waals surface area contributed by atoms with E-state index in [1.165, 1.54) is 11.1 Å². The Morgan fingerprint density at radius 2 is 0.791 bits per heavy atom. The van der Waals surface area contributed by atoms with Gasteiger partial charge in [-0.1, -0.05) is 102 Å². The number of nitrogens with zero attached hydrogens (tertiary/aromatic N) is 3. The number of pyridine rings is 1. The fourth-order valence-electron chi connectivity index (χ4n) is 5.35. The van der Waals surface area contributed by atoms with Crippen molar-refractivity contribution < 1.29 is 41.9 Å². The number of benzene rings is 4. The minimum atomic E-state index is 0. The molecule has 0 saturated carbocycles. The molecule has 1 aromatic heterocycles. The van der Waals surface area contributed by atoms with Crippen molar-refractivity contribution in [3.8, 4) is 0 Å². The average Bonchev–Trinajstić information content (AvgIpc) is 2.93. The molecule has 220 valence electrons. The number of halogens is 2. The molecule has 0 fully saturated rings. The minimum absolute atomic E-state index is 0. The van der Waals surface area contributed by atoms with Crippen LogP contribution in [0.5, 0.6) is 0 Å². The van der Waals surface area contributed by atoms with Gasteiger partial charge < -0.3 is 24.8 Å². The van der Waals surface area contributed by atoms with Crippen molar-refractivity contribution in [2.24, 2.45) is 9.98 Å². The molecular weight excluding hydrogens is 613 g/mol. The first-order valence-electron chi connectivity index (χ1n) is 13.7. The molecule has 1 heterocycles. The van der Waals surface area contributed by atoms with Crippen LogP contribution in [0.1, 0.15) is 55.9 Å². The third-order valence-electron chi connectivity index (χ3n) is 7.05. The van der Waals surface area contributed by atoms with E-state index in [1.54, 1.807) is 0 Å². The first-order valence-corrected chi connectivity index (χ1v) is 13.7. The number of hydrogen-bond acceptors (Lipinski definition) is 3. The molecule has 0 spiro atoms. The molecule has 0 aliphatic carbocycles. The Kier molecular flexibility index (Phi) is 13.1. The first kappa shape index (κ1) is 35.7. The zero-order chi connectivity index (χ0) is 28.2. The van der Waals surface area contributed by atoms with Gasteiger partial charge in [-0.25, -0.2) is 15.0 Å². The molecule has 0 aliphatic rings. The van der Waals surface area contributed by atoms with E-state index in [0.717, 1.165) is 67.6 Å². The predicted molar refractivity (Wildman–Crippen MR) is 169 cm³/mol. The molecule has 5 aromatic rings. The first-order chi connectivity index (χ1) is 19.3. The molecule has 6 heteroatoms. The van der Waals surface area contributed by atoms with Crippen LogP contribution in [0.25, 0.3) is 0 Å². The molecule has 0 radical (unpaired) electrons. The van der Waals surface area contributed by atoms with Crippen LogP contribution in [0.3, 0.4) is 0 Å². The van der Waals surface area contributed by atoms with Gasteiger partial charge in [-0.15, -0.1) is 0 Å². The summed E-state index contributed by atoms with van der Waals surface area (Å²) in [6, 6.07) is 35.5. The van der Waals surface area contributed by atoms with E-state index in [-0.39, 0.29) is 41.9 Å². The Morgan fingerprint density at radius 3 is 1.12 bits per heavy atom. The van der Waals surface area contributed by atoms with E-state index in [0.29, 0.717) is 0 Å². The van der Waals surface area contributed by atoms with E-state index in [4.69, 9.17) is 15.0 Å². The van der Waals surface area contributed by atoms with E-state index in [2.05, 4.69) is 96.1 Å². The maximum absolute atomic E-state index is 5.25. The fraction of sp³-hybridized carbons (Fsp3) is 0.162. The standard InChI is InChI=1S/C37H35N3.2ClH.Fe/c1-24-20-26(3)34(27(4)21-24)39-36(30-14-9-7-10-15-30)32-18-13-19-33(38-32)37(31-16-11-8-12-17-31)40-35-28(5)22-25(2)23-29(35)6;;;/h7-23H,1-6H3;2*1H;/q;;;+2/p-2/b39-36+,40-37+;;;. The normalized spacial score (nSPS) is 11.2. The van der Waals surface area contributed by atoms with Gasteiger partial charge in [0.1, 0.15) is 0 Å². The van der Waals surface area contributed by atoms with E-state index >= 15 is 0 Å². The third-order valence-corrected chi connectivity index (χ3v) is 7.05. The molecule has 0 bridgehead atoms. The number of hydrogen-bond donors (Lipinski definition) is 0. The second-order valence-corrected chi connectivity index (χ2v) is 10.6. The topological polar surface area (TPSA) is 37.6 Å². The van der Waals surface area contributed by atoms with Gasteiger partial charge in [0.15, 0.2) is 0 Å². The molecule has 43 heavy (non-hydrogen) atoms. The number of aromatic nitrogens is 1. The van der Waals surface area contributed by atoms with Crippen molar-refractivity contribution in [3.63, 3.8) is 0 Å². The van der Waals surface area contributed by atoms with Gasteiger partial charge in [0.2, 0.25) is 0 Å². The Labute approximate surface area is 278 Å². The van der Waals surface area contributed by atoms with Crippen LogP contribution in [0, 0.1) is 41.5 Å². The molecule has 0 saturated heterocycles. The minimum Gasteiger partial charge on any atom is -1.00 e. The van der Waals surface area contributed by atoms with E-state index < -0.39 is 0 Å². The summed E-state index contributed by atoms with van der Waals surface area (Å²) in [7, 11) is 0. The zero-order valence-electron chi connectivity index (χ0n) is 25.3. The Bertz CT molecular complexity index is 1570. The van der Waals surface area contributed by atoms with Crippen molar-refractivity contribution in [2.75, 3.05) is 0 Å². The second-order valence-electron chi connectivity index (χ2n) is 10.6. The van der Waals surface area contributed by atoms with Crippen molar-refractivity contribution in [3.05, 3.63) is 159 Å². The van der Waals surface area contributed by atoms with Crippen LogP contribution in [0.15, 0.2) is 113 Å². The van der Waals surface area contributed by atoms with Gasteiger partial charge in [0, 0.05) is 11.1 Å². The molecule has 3 nitrogen and oxygen atoms in total. The van der Waals surface area contributed by atoms with Crippen LogP contribution in [-0.4, -0.2) is 16.4 Å². The molecule has 0 aliphatic heterocycles. The Hall–Kier alpha value is -3.53. The molecule has 0 atom stereocenters. The van der Waals surface area contributed by atoms with E-state index in [9.17, 15) is 0 Å². The van der Waals surface area contributed by atoms with Crippen LogP contribution in [0.4, 0.5) is 11.4 Å². The largest absolute Gasteiger partial charge is 2.00 e. The SMILES string of the molecule is Cc1cc(C)c(/N=C(\c2ccccc2)c2cccc(/C(=N/c3c(C)cc(C)cc3C)c3ccccc3)n2)c(C)c1.[Cl-].[Cl-].[Fe+2]. The molecule has 0 N–H and O–H groups in total. The van der Waals surface area contributed by atoms with Crippen molar-refractivity contribution >= 4 is 22.8 Å². The van der Waals surface area contributed by atoms with Gasteiger partial charge >= 0.3 is 17.1 Å². The van der Waals surface area contributed by atoms with Crippen LogP contribution in [-0.2, 0) is 17.1 Å². The van der Waals surface area contributed by atoms with Crippen LogP contribution >= 0.6 is 0 Å². The summed E-state index contributed by atoms with van der Waals surface area (Å²) in [5, 5.41) is 0. The maximum atomic E-state index is 5.25. The van der Waals surface area contributed by atoms with Crippen molar-refractivity contribution in [1.82, 2.24) is 4.98 Å². The summed E-state index contributed by atoms with van der Waals surface area (Å²) < 4.78 is 0. The number of rotatable bonds is 6. The summed E-state index contributed by atoms with van der Waals surface area (Å²) in [4.78, 5) is 15.7. The Balaban J connectivity index is 0.00000215. The summed E-state index contributed by atoms with van der Waals surface area (Å²) in [6.07, 6.45) is 0. The van der Waals surface area contributed by atoms with Crippen molar-refractivity contribution in [2.45, 2.75) is 41.5 Å². The summed E-state index contributed by atoms with van der Waals surface area (Å²) in [5.74, 6) is 0. The molecule has 4 aromatic carbocycles. The summed E-state index contributed by atoms with van der Waals surface area (Å²) in [6.45, 7) is 12.7. The summed E-state index contributed by atoms with van der Waals surface area (Å²) >= 11 is 0. The van der Waals surface area contributed by atoms with Gasteiger partial charge in [-0.2, -0.15) is 0 Å². The predicted octanol–water partition coefficient (Wildman–Crippen LogP) is 3.28. The van der Waals surface area contributed by atoms with Gasteiger partial charge in [0.05, 0.1) is 34.2 Å². The zero-order valence-corrected chi connectivity index (χ0v) is 27.9. The molecular formula is C37H35Cl2FeN3. The van der Waals surface area contributed by atoms with Crippen LogP contribution in [0.2, 0.25) is 0 Å². The summed E-state index contributed by atoms with van der Waals surface area (Å²) in [5.41, 5.74) is 14.4. The molecule has 0 unspecified atom stereocenters. The number of aliphatic imine (C=N–C) groups is 2. The fourth-order valence-corrected chi connectivity index (χ4v) is 5.35. The van der Waals surface area contributed by atoms with Gasteiger partial charge in [-0.3, -0.25) is 0 Å². The van der Waals surface area contributed by atoms with Gasteiger partial charge in [-0.05, 0) is 75.9 Å². The number of aryl methyl sites for hydroxylation is 6. The maximum Gasteiger partial charge on any atom is 2.00 e. The Morgan fingerprint density at radius 1 is 0.465 bits per heavy atom. The third kappa shape index (κ3) is 8.31. The second kappa shape index (κ2) is 15.8. The van der Waals surface area contributed by atoms with Crippen LogP contribution < -0.4 is 24.8 Å². The van der Waals surface area contributed by atoms with E-state index in [1.807, 2.05) is 48.5 Å². The molecule has 5 rings (SSSR count). The smallest absolute Gasteiger partial charge is 1.00 e. The van der Waals surface area contributed by atoms with Gasteiger partial charge in [0.25, 0.3) is 0 Å². The monoisotopic (exact) mass is 647 g/mol. The molecule has 0 amide bonds. The quantitative estimate of drug-likeness (QED) is 0.206. The average molecular weight is 648 g/mol.